The van der Waals surface area contributed by atoms with Gasteiger partial charge in [0.15, 0.2) is 0 Å². The van der Waals surface area contributed by atoms with Gasteiger partial charge >= 0.3 is 6.03 Å². The van der Waals surface area contributed by atoms with E-state index in [1.165, 1.54) is 36.7 Å². The van der Waals surface area contributed by atoms with E-state index in [-0.39, 0.29) is 18.0 Å². The molecule has 29 heavy (non-hydrogen) atoms. The van der Waals surface area contributed by atoms with Crippen LogP contribution in [0.5, 0.6) is 0 Å². The Bertz CT molecular complexity index is 826. The lowest BCUT2D eigenvalue weighted by molar-refractivity contribution is -0.0135. The molecule has 1 atom stereocenters. The monoisotopic (exact) mass is 418 g/mol. The lowest BCUT2D eigenvalue weighted by Gasteiger charge is -2.33. The number of aromatic nitrogens is 1. The molecule has 1 aromatic carbocycles. The van der Waals surface area contributed by atoms with E-state index in [0.29, 0.717) is 37.1 Å². The van der Waals surface area contributed by atoms with E-state index in [0.717, 1.165) is 17.8 Å². The van der Waals surface area contributed by atoms with E-state index in [1.807, 2.05) is 17.3 Å². The maximum absolute atomic E-state index is 14.8. The number of amides is 2. The van der Waals surface area contributed by atoms with Crippen molar-refractivity contribution >= 4 is 28.7 Å². The summed E-state index contributed by atoms with van der Waals surface area (Å²) in [5.41, 5.74) is 1.05. The van der Waals surface area contributed by atoms with Gasteiger partial charge in [-0.25, -0.2) is 14.2 Å². The Morgan fingerprint density at radius 1 is 1.34 bits per heavy atom. The van der Waals surface area contributed by atoms with Crippen molar-refractivity contribution in [3.05, 3.63) is 40.6 Å². The summed E-state index contributed by atoms with van der Waals surface area (Å²) in [7, 11) is 1.96. The molecule has 156 valence electrons. The van der Waals surface area contributed by atoms with Crippen LogP contribution in [0.3, 0.4) is 0 Å². The van der Waals surface area contributed by atoms with Crippen molar-refractivity contribution < 1.29 is 13.9 Å². The largest absolute Gasteiger partial charge is 0.369 e. The highest BCUT2D eigenvalue weighted by molar-refractivity contribution is 7.09. The SMILES string of the molecule is CN(c1ccc(NC(=O)N2CCOC(c3nccs3)C2)cc1F)C1CCCCC1. The van der Waals surface area contributed by atoms with Gasteiger partial charge in [0.05, 0.1) is 18.8 Å². The molecule has 2 heterocycles. The summed E-state index contributed by atoms with van der Waals surface area (Å²) in [5, 5.41) is 5.58. The van der Waals surface area contributed by atoms with Gasteiger partial charge in [0.1, 0.15) is 16.9 Å². The number of hydrogen-bond donors (Lipinski definition) is 1. The Kier molecular flexibility index (Phi) is 6.30. The van der Waals surface area contributed by atoms with Crippen molar-refractivity contribution in [2.45, 2.75) is 44.2 Å². The Hall–Kier alpha value is -2.19. The van der Waals surface area contributed by atoms with Crippen LogP contribution in [0.1, 0.15) is 43.2 Å². The summed E-state index contributed by atoms with van der Waals surface area (Å²) < 4.78 is 20.5. The number of thiazole rings is 1. The molecule has 1 N–H and O–H groups in total. The van der Waals surface area contributed by atoms with Crippen LogP contribution in [0.15, 0.2) is 29.8 Å². The summed E-state index contributed by atoms with van der Waals surface area (Å²) in [6.07, 6.45) is 7.40. The molecular formula is C21H27FN4O2S. The zero-order valence-electron chi connectivity index (χ0n) is 16.6. The molecule has 4 rings (SSSR count). The predicted octanol–water partition coefficient (Wildman–Crippen LogP) is 4.66. The molecule has 1 unspecified atom stereocenters. The van der Waals surface area contributed by atoms with Gasteiger partial charge in [-0.1, -0.05) is 19.3 Å². The van der Waals surface area contributed by atoms with Crippen LogP contribution in [0, 0.1) is 5.82 Å². The molecule has 1 aromatic heterocycles. The molecule has 6 nitrogen and oxygen atoms in total. The lowest BCUT2D eigenvalue weighted by Crippen LogP contribution is -2.44. The number of nitrogens with one attached hydrogen (secondary N) is 1. The van der Waals surface area contributed by atoms with Crippen molar-refractivity contribution in [2.24, 2.45) is 0 Å². The molecule has 1 aliphatic heterocycles. The molecule has 2 amide bonds. The maximum Gasteiger partial charge on any atom is 0.322 e. The highest BCUT2D eigenvalue weighted by atomic mass is 32.1. The van der Waals surface area contributed by atoms with E-state index in [9.17, 15) is 9.18 Å². The van der Waals surface area contributed by atoms with Crippen molar-refractivity contribution in [1.82, 2.24) is 9.88 Å². The van der Waals surface area contributed by atoms with Crippen LogP contribution < -0.4 is 10.2 Å². The molecular weight excluding hydrogens is 391 g/mol. The average Bonchev–Trinajstić information content (AvgIpc) is 3.29. The molecule has 2 aliphatic rings. The van der Waals surface area contributed by atoms with E-state index in [1.54, 1.807) is 23.2 Å². The second-order valence-electron chi connectivity index (χ2n) is 7.67. The number of carbonyl (C=O) groups is 1. The van der Waals surface area contributed by atoms with Crippen LogP contribution in [0.2, 0.25) is 0 Å². The molecule has 1 saturated carbocycles. The fraction of sp³-hybridized carbons (Fsp3) is 0.524. The number of rotatable bonds is 4. The molecule has 1 saturated heterocycles. The van der Waals surface area contributed by atoms with Crippen molar-refractivity contribution in [3.63, 3.8) is 0 Å². The fourth-order valence-corrected chi connectivity index (χ4v) is 4.79. The number of anilines is 2. The minimum Gasteiger partial charge on any atom is -0.369 e. The second-order valence-corrected chi connectivity index (χ2v) is 8.60. The number of nitrogens with zero attached hydrogens (tertiary/aromatic N) is 3. The minimum atomic E-state index is -0.307. The molecule has 0 radical (unpaired) electrons. The van der Waals surface area contributed by atoms with Crippen molar-refractivity contribution in [3.8, 4) is 0 Å². The first-order valence-corrected chi connectivity index (χ1v) is 11.1. The van der Waals surface area contributed by atoms with Gasteiger partial charge in [-0.3, -0.25) is 0 Å². The van der Waals surface area contributed by atoms with Gasteiger partial charge in [0.2, 0.25) is 0 Å². The molecule has 1 aliphatic carbocycles. The van der Waals surface area contributed by atoms with Crippen LogP contribution in [-0.4, -0.2) is 48.7 Å². The van der Waals surface area contributed by atoms with Gasteiger partial charge in [0.25, 0.3) is 0 Å². The van der Waals surface area contributed by atoms with Crippen LogP contribution in [0.25, 0.3) is 0 Å². The fourth-order valence-electron chi connectivity index (χ4n) is 4.11. The normalized spacial score (nSPS) is 20.5. The van der Waals surface area contributed by atoms with E-state index in [4.69, 9.17) is 4.74 Å². The number of urea groups is 1. The van der Waals surface area contributed by atoms with E-state index >= 15 is 0 Å². The number of ether oxygens (including phenoxy) is 1. The minimum absolute atomic E-state index is 0.210. The van der Waals surface area contributed by atoms with Gasteiger partial charge in [-0.2, -0.15) is 0 Å². The first kappa shape index (κ1) is 20.1. The maximum atomic E-state index is 14.8. The van der Waals surface area contributed by atoms with E-state index < -0.39 is 0 Å². The first-order chi connectivity index (χ1) is 14.1. The van der Waals surface area contributed by atoms with Crippen LogP contribution in [0.4, 0.5) is 20.6 Å². The Labute approximate surface area is 174 Å². The quantitative estimate of drug-likeness (QED) is 0.785. The predicted molar refractivity (Wildman–Crippen MR) is 113 cm³/mol. The highest BCUT2D eigenvalue weighted by Crippen LogP contribution is 2.30. The molecule has 0 bridgehead atoms. The number of benzene rings is 1. The summed E-state index contributed by atoms with van der Waals surface area (Å²) in [6, 6.07) is 5.08. The number of hydrogen-bond acceptors (Lipinski definition) is 5. The third-order valence-electron chi connectivity index (χ3n) is 5.78. The molecule has 8 heteroatoms. The van der Waals surface area contributed by atoms with Crippen LogP contribution in [-0.2, 0) is 4.74 Å². The molecule has 2 fully saturated rings. The second kappa shape index (κ2) is 9.09. The van der Waals surface area contributed by atoms with Gasteiger partial charge in [0, 0.05) is 36.9 Å². The Balaban J connectivity index is 1.38. The zero-order chi connectivity index (χ0) is 20.2. The number of carbonyl (C=O) groups excluding carboxylic acids is 1. The summed E-state index contributed by atoms with van der Waals surface area (Å²) >= 11 is 1.52. The lowest BCUT2D eigenvalue weighted by atomic mass is 9.94. The zero-order valence-corrected chi connectivity index (χ0v) is 17.5. The Morgan fingerprint density at radius 3 is 2.90 bits per heavy atom. The highest BCUT2D eigenvalue weighted by Gasteiger charge is 2.27. The van der Waals surface area contributed by atoms with Crippen molar-refractivity contribution in [2.75, 3.05) is 37.0 Å². The number of halogens is 1. The van der Waals surface area contributed by atoms with Gasteiger partial charge in [-0.15, -0.1) is 11.3 Å². The molecule has 2 aromatic rings. The summed E-state index contributed by atoms with van der Waals surface area (Å²) in [4.78, 5) is 20.7. The third kappa shape index (κ3) is 4.70. The van der Waals surface area contributed by atoms with Gasteiger partial charge in [-0.05, 0) is 31.0 Å². The smallest absolute Gasteiger partial charge is 0.322 e. The van der Waals surface area contributed by atoms with Gasteiger partial charge < -0.3 is 19.9 Å². The summed E-state index contributed by atoms with van der Waals surface area (Å²) in [5.74, 6) is -0.307. The Morgan fingerprint density at radius 2 is 2.17 bits per heavy atom. The van der Waals surface area contributed by atoms with Crippen LogP contribution >= 0.6 is 11.3 Å². The first-order valence-electron chi connectivity index (χ1n) is 10.2. The summed E-state index contributed by atoms with van der Waals surface area (Å²) in [6.45, 7) is 1.39. The standard InChI is InChI=1S/C21H27FN4O2S/c1-25(16-5-3-2-4-6-16)18-8-7-15(13-17(18)22)24-21(27)26-10-11-28-19(14-26)20-23-9-12-29-20/h7-9,12-13,16,19H,2-6,10-11,14H2,1H3,(H,24,27). The average molecular weight is 419 g/mol. The van der Waals surface area contributed by atoms with Crippen molar-refractivity contribution in [1.29, 1.82) is 0 Å². The topological polar surface area (TPSA) is 57.7 Å². The number of morpholine rings is 1. The third-order valence-corrected chi connectivity index (χ3v) is 6.65. The van der Waals surface area contributed by atoms with E-state index in [2.05, 4.69) is 10.3 Å². The molecule has 0 spiro atoms.